The van der Waals surface area contributed by atoms with Gasteiger partial charge in [0.15, 0.2) is 0 Å². The second-order valence-electron chi connectivity index (χ2n) is 15.2. The molecule has 2 heteroatoms. The highest BCUT2D eigenvalue weighted by molar-refractivity contribution is 7.25. The molecule has 0 fully saturated rings. The molecular weight excluding hydrogens is 671 g/mol. The van der Waals surface area contributed by atoms with Gasteiger partial charge in [0.25, 0.3) is 0 Å². The Hall–Kier alpha value is -6.22. The highest BCUT2D eigenvalue weighted by Crippen LogP contribution is 2.64. The first-order valence-electron chi connectivity index (χ1n) is 18.9. The third kappa shape index (κ3) is 4.26. The summed E-state index contributed by atoms with van der Waals surface area (Å²) in [5.41, 5.74) is 16.1. The molecule has 0 N–H and O–H groups in total. The van der Waals surface area contributed by atoms with Gasteiger partial charge in [-0.15, -0.1) is 11.3 Å². The van der Waals surface area contributed by atoms with E-state index in [0.717, 1.165) is 11.4 Å². The molecule has 1 aromatic heterocycles. The van der Waals surface area contributed by atoms with Crippen LogP contribution in [0.1, 0.15) is 47.2 Å². The molecule has 0 saturated carbocycles. The molecule has 11 rings (SSSR count). The summed E-state index contributed by atoms with van der Waals surface area (Å²) in [6.07, 6.45) is 0. The number of benzene rings is 8. The van der Waals surface area contributed by atoms with E-state index in [-0.39, 0.29) is 5.41 Å². The fraction of sp³-hybridized carbons (Fsp3) is 0.0769. The van der Waals surface area contributed by atoms with Crippen molar-refractivity contribution in [3.63, 3.8) is 0 Å². The van der Waals surface area contributed by atoms with Gasteiger partial charge in [0.05, 0.1) is 11.1 Å². The molecule has 256 valence electrons. The van der Waals surface area contributed by atoms with Crippen molar-refractivity contribution in [3.05, 3.63) is 221 Å². The fourth-order valence-corrected chi connectivity index (χ4v) is 10.9. The van der Waals surface area contributed by atoms with Crippen LogP contribution < -0.4 is 4.90 Å². The van der Waals surface area contributed by atoms with Gasteiger partial charge in [0.2, 0.25) is 0 Å². The maximum absolute atomic E-state index is 2.50. The standard InChI is InChI=1S/C52H37NS/c1-51(2)42-20-9-11-22-44(42)52(45-23-12-10-21-43(45)51)41-19-8-6-18-39(41)50-46(52)24-14-25-47(50)53(36-29-27-35(28-30-36)34-15-4-3-5-16-34)37-31-32-49-40(33-37)38-17-7-13-26-48(38)54-49/h3-33H,1-2H3. The van der Waals surface area contributed by atoms with Crippen molar-refractivity contribution in [1.82, 2.24) is 0 Å². The second-order valence-corrected chi connectivity index (χ2v) is 16.3. The molecule has 0 unspecified atom stereocenters. The van der Waals surface area contributed by atoms with E-state index in [1.807, 2.05) is 11.3 Å². The van der Waals surface area contributed by atoms with Crippen molar-refractivity contribution >= 4 is 48.6 Å². The summed E-state index contributed by atoms with van der Waals surface area (Å²) in [7, 11) is 0. The van der Waals surface area contributed by atoms with E-state index in [9.17, 15) is 0 Å². The highest BCUT2D eigenvalue weighted by atomic mass is 32.1. The Kier molecular flexibility index (Phi) is 6.75. The monoisotopic (exact) mass is 707 g/mol. The van der Waals surface area contributed by atoms with Gasteiger partial charge in [0, 0.05) is 42.5 Å². The van der Waals surface area contributed by atoms with Crippen LogP contribution in [0, 0.1) is 0 Å². The smallest absolute Gasteiger partial charge is 0.0720 e. The zero-order valence-corrected chi connectivity index (χ0v) is 31.1. The Bertz CT molecular complexity index is 2860. The highest BCUT2D eigenvalue weighted by Gasteiger charge is 2.53. The van der Waals surface area contributed by atoms with Crippen LogP contribution in [0.2, 0.25) is 0 Å². The summed E-state index contributed by atoms with van der Waals surface area (Å²) < 4.78 is 2.62. The lowest BCUT2D eigenvalue weighted by Gasteiger charge is -2.46. The van der Waals surface area contributed by atoms with Crippen LogP contribution in [-0.2, 0) is 10.8 Å². The van der Waals surface area contributed by atoms with E-state index in [2.05, 4.69) is 207 Å². The van der Waals surface area contributed by atoms with Crippen LogP contribution in [-0.4, -0.2) is 0 Å². The second kappa shape index (κ2) is 11.6. The Balaban J connectivity index is 1.21. The molecule has 9 aromatic rings. The molecule has 0 saturated heterocycles. The summed E-state index contributed by atoms with van der Waals surface area (Å²) in [5.74, 6) is 0. The first kappa shape index (κ1) is 31.3. The lowest BCUT2D eigenvalue weighted by Crippen LogP contribution is -2.40. The molecular formula is C52H37NS. The van der Waals surface area contributed by atoms with E-state index in [1.54, 1.807) is 0 Å². The number of rotatable bonds is 4. The maximum atomic E-state index is 2.50. The zero-order valence-electron chi connectivity index (χ0n) is 30.3. The van der Waals surface area contributed by atoms with Crippen LogP contribution in [0.25, 0.3) is 42.4 Å². The molecule has 2 aliphatic rings. The number of hydrogen-bond acceptors (Lipinski definition) is 2. The summed E-state index contributed by atoms with van der Waals surface area (Å²) in [4.78, 5) is 2.50. The molecule has 54 heavy (non-hydrogen) atoms. The zero-order chi connectivity index (χ0) is 36.0. The molecule has 2 aliphatic carbocycles. The molecule has 0 aliphatic heterocycles. The van der Waals surface area contributed by atoms with E-state index in [0.29, 0.717) is 0 Å². The minimum absolute atomic E-state index is 0.140. The van der Waals surface area contributed by atoms with Crippen LogP contribution >= 0.6 is 11.3 Å². The van der Waals surface area contributed by atoms with Gasteiger partial charge in [-0.25, -0.2) is 0 Å². The fourth-order valence-electron chi connectivity index (χ4n) is 9.79. The topological polar surface area (TPSA) is 3.24 Å². The predicted molar refractivity (Wildman–Crippen MR) is 229 cm³/mol. The summed E-state index contributed by atoms with van der Waals surface area (Å²) >= 11 is 1.87. The largest absolute Gasteiger partial charge is 0.310 e. The van der Waals surface area contributed by atoms with Crippen molar-refractivity contribution in [3.8, 4) is 22.3 Å². The first-order chi connectivity index (χ1) is 26.5. The molecule has 0 amide bonds. The molecule has 0 bridgehead atoms. The molecule has 0 atom stereocenters. The molecule has 1 nitrogen and oxygen atoms in total. The average molecular weight is 708 g/mol. The molecule has 8 aromatic carbocycles. The van der Waals surface area contributed by atoms with E-state index in [1.165, 1.54) is 81.5 Å². The number of hydrogen-bond donors (Lipinski definition) is 0. The van der Waals surface area contributed by atoms with Gasteiger partial charge in [-0.2, -0.15) is 0 Å². The number of thiophene rings is 1. The Morgan fingerprint density at radius 3 is 1.70 bits per heavy atom. The van der Waals surface area contributed by atoms with Crippen molar-refractivity contribution < 1.29 is 0 Å². The maximum Gasteiger partial charge on any atom is 0.0720 e. The SMILES string of the molecule is CC1(C)c2ccccc2C2(c3ccccc3-c3c(N(c4ccc(-c5ccccc5)cc4)c4ccc5sc6ccccc6c5c4)cccc32)c2ccccc21. The molecule has 0 radical (unpaired) electrons. The van der Waals surface area contributed by atoms with E-state index in [4.69, 9.17) is 0 Å². The van der Waals surface area contributed by atoms with Crippen LogP contribution in [0.5, 0.6) is 0 Å². The normalized spacial score (nSPS) is 14.4. The minimum atomic E-state index is -0.457. The van der Waals surface area contributed by atoms with Gasteiger partial charge >= 0.3 is 0 Å². The van der Waals surface area contributed by atoms with Crippen molar-refractivity contribution in [2.24, 2.45) is 0 Å². The van der Waals surface area contributed by atoms with Crippen LogP contribution in [0.3, 0.4) is 0 Å². The van der Waals surface area contributed by atoms with Gasteiger partial charge in [-0.1, -0.05) is 159 Å². The van der Waals surface area contributed by atoms with Crippen molar-refractivity contribution in [2.75, 3.05) is 4.90 Å². The molecule has 1 spiro atoms. The van der Waals surface area contributed by atoms with E-state index < -0.39 is 5.41 Å². The van der Waals surface area contributed by atoms with Crippen LogP contribution in [0.15, 0.2) is 188 Å². The average Bonchev–Trinajstić information content (AvgIpc) is 3.75. The lowest BCUT2D eigenvalue weighted by molar-refractivity contribution is 0.563. The minimum Gasteiger partial charge on any atom is -0.310 e. The number of nitrogens with zero attached hydrogens (tertiary/aromatic N) is 1. The predicted octanol–water partition coefficient (Wildman–Crippen LogP) is 14.2. The quantitative estimate of drug-likeness (QED) is 0.176. The summed E-state index contributed by atoms with van der Waals surface area (Å²) in [6, 6.07) is 70.2. The van der Waals surface area contributed by atoms with Gasteiger partial charge in [0.1, 0.15) is 0 Å². The van der Waals surface area contributed by atoms with Crippen LogP contribution in [0.4, 0.5) is 17.1 Å². The first-order valence-corrected chi connectivity index (χ1v) is 19.7. The Labute approximate surface area is 320 Å². The lowest BCUT2D eigenvalue weighted by atomic mass is 9.55. The van der Waals surface area contributed by atoms with E-state index >= 15 is 0 Å². The third-order valence-corrected chi connectivity index (χ3v) is 13.3. The third-order valence-electron chi connectivity index (χ3n) is 12.1. The molecule has 1 heterocycles. The number of anilines is 3. The summed E-state index contributed by atoms with van der Waals surface area (Å²) in [6.45, 7) is 4.78. The Morgan fingerprint density at radius 2 is 0.963 bits per heavy atom. The number of fused-ring (bicyclic) bond motifs is 12. The Morgan fingerprint density at radius 1 is 0.407 bits per heavy atom. The van der Waals surface area contributed by atoms with Gasteiger partial charge < -0.3 is 4.90 Å². The van der Waals surface area contributed by atoms with Crippen molar-refractivity contribution in [2.45, 2.75) is 24.7 Å². The van der Waals surface area contributed by atoms with Gasteiger partial charge in [-0.05, 0) is 92.5 Å². The summed E-state index contributed by atoms with van der Waals surface area (Å²) in [5, 5.41) is 2.60. The van der Waals surface area contributed by atoms with Gasteiger partial charge in [-0.3, -0.25) is 0 Å². The van der Waals surface area contributed by atoms with Crippen molar-refractivity contribution in [1.29, 1.82) is 0 Å².